The summed E-state index contributed by atoms with van der Waals surface area (Å²) in [5.41, 5.74) is 6.52. The molecule has 1 aliphatic heterocycles. The molecule has 0 spiro atoms. The molecular formula is C18H23ClN2O4S. The van der Waals surface area contributed by atoms with Crippen molar-refractivity contribution in [1.29, 1.82) is 0 Å². The van der Waals surface area contributed by atoms with Crippen molar-refractivity contribution in [2.75, 3.05) is 26.3 Å². The Bertz CT molecular complexity index is 815. The van der Waals surface area contributed by atoms with E-state index in [0.29, 0.717) is 44.2 Å². The molecule has 0 atom stereocenters. The standard InChI is InChI=1S/C18H22N2O4S.ClH/c19-10-5-11-20(14-15-6-2-1-3-7-15)25(21,22)17-9-4-8-16-18(17)24-13-12-23-16;/h1-4,6-9H,5,10-14,19H2;1H. The molecule has 0 saturated heterocycles. The highest BCUT2D eigenvalue weighted by Gasteiger charge is 2.30. The zero-order valence-electron chi connectivity index (χ0n) is 14.3. The molecule has 142 valence electrons. The van der Waals surface area contributed by atoms with Gasteiger partial charge in [-0.15, -0.1) is 12.4 Å². The molecule has 2 aromatic rings. The summed E-state index contributed by atoms with van der Waals surface area (Å²) in [6.45, 7) is 1.80. The summed E-state index contributed by atoms with van der Waals surface area (Å²) in [5.74, 6) is 0.755. The monoisotopic (exact) mass is 398 g/mol. The fraction of sp³-hybridized carbons (Fsp3) is 0.333. The Hall–Kier alpha value is -1.80. The quantitative estimate of drug-likeness (QED) is 0.774. The highest BCUT2D eigenvalue weighted by molar-refractivity contribution is 7.89. The van der Waals surface area contributed by atoms with E-state index in [9.17, 15) is 8.42 Å². The van der Waals surface area contributed by atoms with Gasteiger partial charge < -0.3 is 15.2 Å². The summed E-state index contributed by atoms with van der Waals surface area (Å²) in [4.78, 5) is 0.137. The molecule has 0 fully saturated rings. The van der Waals surface area contributed by atoms with Crippen molar-refractivity contribution < 1.29 is 17.9 Å². The maximum atomic E-state index is 13.3. The highest BCUT2D eigenvalue weighted by Crippen LogP contribution is 2.38. The van der Waals surface area contributed by atoms with Crippen LogP contribution in [0.15, 0.2) is 53.4 Å². The number of para-hydroxylation sites is 1. The van der Waals surface area contributed by atoms with Crippen molar-refractivity contribution in [3.05, 3.63) is 54.1 Å². The Morgan fingerprint density at radius 3 is 2.46 bits per heavy atom. The number of nitrogens with two attached hydrogens (primary N) is 1. The Morgan fingerprint density at radius 2 is 1.73 bits per heavy atom. The van der Waals surface area contributed by atoms with Gasteiger partial charge in [0, 0.05) is 13.1 Å². The van der Waals surface area contributed by atoms with Crippen LogP contribution in [0.4, 0.5) is 0 Å². The zero-order chi connectivity index (χ0) is 17.7. The van der Waals surface area contributed by atoms with E-state index in [1.807, 2.05) is 30.3 Å². The molecular weight excluding hydrogens is 376 g/mol. The van der Waals surface area contributed by atoms with E-state index < -0.39 is 10.0 Å². The van der Waals surface area contributed by atoms with E-state index in [4.69, 9.17) is 15.2 Å². The molecule has 0 bridgehead atoms. The summed E-state index contributed by atoms with van der Waals surface area (Å²) >= 11 is 0. The van der Waals surface area contributed by atoms with Gasteiger partial charge in [0.1, 0.15) is 18.1 Å². The average molecular weight is 399 g/mol. The third-order valence-electron chi connectivity index (χ3n) is 3.96. The molecule has 0 amide bonds. The summed E-state index contributed by atoms with van der Waals surface area (Å²) in [6.07, 6.45) is 0.582. The van der Waals surface area contributed by atoms with E-state index in [1.165, 1.54) is 4.31 Å². The first kappa shape index (κ1) is 20.5. The molecule has 6 nitrogen and oxygen atoms in total. The van der Waals surface area contributed by atoms with Gasteiger partial charge in [-0.3, -0.25) is 0 Å². The van der Waals surface area contributed by atoms with Crippen LogP contribution >= 0.6 is 12.4 Å². The lowest BCUT2D eigenvalue weighted by atomic mass is 10.2. The molecule has 0 aliphatic carbocycles. The van der Waals surface area contributed by atoms with E-state index >= 15 is 0 Å². The Balaban J connectivity index is 0.00000243. The number of benzene rings is 2. The molecule has 8 heteroatoms. The summed E-state index contributed by atoms with van der Waals surface area (Å²) in [5, 5.41) is 0. The van der Waals surface area contributed by atoms with Crippen molar-refractivity contribution in [3.8, 4) is 11.5 Å². The van der Waals surface area contributed by atoms with Crippen LogP contribution in [0, 0.1) is 0 Å². The van der Waals surface area contributed by atoms with Crippen LogP contribution in [-0.4, -0.2) is 39.0 Å². The van der Waals surface area contributed by atoms with Crippen LogP contribution < -0.4 is 15.2 Å². The molecule has 2 aromatic carbocycles. The Kier molecular flexibility index (Phi) is 7.28. The van der Waals surface area contributed by atoms with Crippen molar-refractivity contribution >= 4 is 22.4 Å². The van der Waals surface area contributed by atoms with Crippen LogP contribution in [-0.2, 0) is 16.6 Å². The highest BCUT2D eigenvalue weighted by atomic mass is 35.5. The predicted molar refractivity (Wildman–Crippen MR) is 102 cm³/mol. The molecule has 2 N–H and O–H groups in total. The molecule has 0 radical (unpaired) electrons. The number of hydrogen-bond acceptors (Lipinski definition) is 5. The van der Waals surface area contributed by atoms with Crippen LogP contribution in [0.3, 0.4) is 0 Å². The smallest absolute Gasteiger partial charge is 0.247 e. The molecule has 1 aliphatic rings. The molecule has 3 rings (SSSR count). The molecule has 0 saturated carbocycles. The SMILES string of the molecule is Cl.NCCCN(Cc1ccccc1)S(=O)(=O)c1cccc2c1OCCO2. The zero-order valence-corrected chi connectivity index (χ0v) is 16.0. The average Bonchev–Trinajstić information content (AvgIpc) is 2.65. The van der Waals surface area contributed by atoms with Crippen molar-refractivity contribution in [3.63, 3.8) is 0 Å². The summed E-state index contributed by atoms with van der Waals surface area (Å²) in [7, 11) is -3.74. The minimum atomic E-state index is -3.74. The Labute approximate surface area is 160 Å². The largest absolute Gasteiger partial charge is 0.486 e. The maximum Gasteiger partial charge on any atom is 0.247 e. The fourth-order valence-electron chi connectivity index (χ4n) is 2.73. The molecule has 0 aromatic heterocycles. The van der Waals surface area contributed by atoms with Gasteiger partial charge in [-0.2, -0.15) is 4.31 Å². The van der Waals surface area contributed by atoms with Crippen molar-refractivity contribution in [2.45, 2.75) is 17.9 Å². The predicted octanol–water partition coefficient (Wildman–Crippen LogP) is 2.42. The fourth-order valence-corrected chi connectivity index (χ4v) is 4.34. The number of halogens is 1. The molecule has 26 heavy (non-hydrogen) atoms. The second-order valence-corrected chi connectivity index (χ2v) is 7.65. The third-order valence-corrected chi connectivity index (χ3v) is 5.83. The van der Waals surface area contributed by atoms with E-state index in [0.717, 1.165) is 5.56 Å². The number of hydrogen-bond donors (Lipinski definition) is 1. The first-order valence-corrected chi connectivity index (χ1v) is 9.69. The lowest BCUT2D eigenvalue weighted by Crippen LogP contribution is -2.33. The van der Waals surface area contributed by atoms with Crippen LogP contribution in [0.1, 0.15) is 12.0 Å². The topological polar surface area (TPSA) is 81.9 Å². The summed E-state index contributed by atoms with van der Waals surface area (Å²) in [6, 6.07) is 14.5. The van der Waals surface area contributed by atoms with Gasteiger partial charge in [0.05, 0.1) is 0 Å². The van der Waals surface area contributed by atoms with Crippen LogP contribution in [0.25, 0.3) is 0 Å². The minimum absolute atomic E-state index is 0. The van der Waals surface area contributed by atoms with Crippen molar-refractivity contribution in [2.24, 2.45) is 5.73 Å². The second kappa shape index (κ2) is 9.23. The van der Waals surface area contributed by atoms with Gasteiger partial charge in [-0.1, -0.05) is 36.4 Å². The first-order chi connectivity index (χ1) is 12.1. The van der Waals surface area contributed by atoms with E-state index in [1.54, 1.807) is 18.2 Å². The van der Waals surface area contributed by atoms with Gasteiger partial charge >= 0.3 is 0 Å². The number of rotatable bonds is 7. The minimum Gasteiger partial charge on any atom is -0.486 e. The van der Waals surface area contributed by atoms with Gasteiger partial charge in [-0.05, 0) is 30.7 Å². The lowest BCUT2D eigenvalue weighted by molar-refractivity contribution is 0.166. The number of ether oxygens (including phenoxy) is 2. The normalized spacial score (nSPS) is 13.3. The van der Waals surface area contributed by atoms with Gasteiger partial charge in [0.2, 0.25) is 10.0 Å². The van der Waals surface area contributed by atoms with Gasteiger partial charge in [-0.25, -0.2) is 8.42 Å². The van der Waals surface area contributed by atoms with E-state index in [-0.39, 0.29) is 23.8 Å². The van der Waals surface area contributed by atoms with Crippen LogP contribution in [0.2, 0.25) is 0 Å². The third kappa shape index (κ3) is 4.48. The second-order valence-electron chi connectivity index (χ2n) is 5.75. The number of sulfonamides is 1. The summed E-state index contributed by atoms with van der Waals surface area (Å²) < 4.78 is 39.1. The number of fused-ring (bicyclic) bond motifs is 1. The maximum absolute atomic E-state index is 13.3. The first-order valence-electron chi connectivity index (χ1n) is 8.25. The van der Waals surface area contributed by atoms with E-state index in [2.05, 4.69) is 0 Å². The van der Waals surface area contributed by atoms with Crippen molar-refractivity contribution in [1.82, 2.24) is 4.31 Å². The van der Waals surface area contributed by atoms with Gasteiger partial charge in [0.15, 0.2) is 11.5 Å². The molecule has 1 heterocycles. The van der Waals surface area contributed by atoms with Crippen LogP contribution in [0.5, 0.6) is 11.5 Å². The lowest BCUT2D eigenvalue weighted by Gasteiger charge is -2.26. The molecule has 0 unspecified atom stereocenters. The number of nitrogens with zero attached hydrogens (tertiary/aromatic N) is 1. The Morgan fingerprint density at radius 1 is 1.00 bits per heavy atom. The van der Waals surface area contributed by atoms with Gasteiger partial charge in [0.25, 0.3) is 0 Å².